The van der Waals surface area contributed by atoms with E-state index < -0.39 is 0 Å². The van der Waals surface area contributed by atoms with E-state index in [9.17, 15) is 0 Å². The highest BCUT2D eigenvalue weighted by Crippen LogP contribution is 2.33. The highest BCUT2D eigenvalue weighted by molar-refractivity contribution is 9.10. The van der Waals surface area contributed by atoms with Gasteiger partial charge in [-0.1, -0.05) is 68.3 Å². The molecule has 0 unspecified atom stereocenters. The molecule has 0 bridgehead atoms. The minimum Gasteiger partial charge on any atom is -0.0537 e. The summed E-state index contributed by atoms with van der Waals surface area (Å²) in [7, 11) is 0. The van der Waals surface area contributed by atoms with Crippen molar-refractivity contribution < 1.29 is 0 Å². The van der Waals surface area contributed by atoms with Crippen LogP contribution in [0.5, 0.6) is 0 Å². The monoisotopic (exact) mass is 384 g/mol. The van der Waals surface area contributed by atoms with E-state index in [2.05, 4.69) is 92.5 Å². The van der Waals surface area contributed by atoms with Gasteiger partial charge in [-0.2, -0.15) is 0 Å². The number of fused-ring (bicyclic) bond motifs is 5. The van der Waals surface area contributed by atoms with E-state index in [-0.39, 0.29) is 0 Å². The first-order valence-electron chi connectivity index (χ1n) is 6.43. The Labute approximate surface area is 133 Å². The lowest BCUT2D eigenvalue weighted by atomic mass is 9.97. The van der Waals surface area contributed by atoms with E-state index in [1.165, 1.54) is 32.3 Å². The third-order valence-corrected chi connectivity index (χ3v) is 4.75. The van der Waals surface area contributed by atoms with Crippen LogP contribution in [0.25, 0.3) is 32.3 Å². The first-order valence-corrected chi connectivity index (χ1v) is 8.01. The van der Waals surface area contributed by atoms with Crippen LogP contribution in [0.2, 0.25) is 0 Å². The summed E-state index contributed by atoms with van der Waals surface area (Å²) < 4.78 is 2.23. The molecular weight excluding hydrogens is 376 g/mol. The molecule has 96 valence electrons. The zero-order chi connectivity index (χ0) is 13.7. The second-order valence-electron chi connectivity index (χ2n) is 4.96. The maximum atomic E-state index is 3.57. The molecule has 0 atom stereocenters. The van der Waals surface area contributed by atoms with Gasteiger partial charge < -0.3 is 0 Å². The largest absolute Gasteiger partial charge is 0.0537 e. The molecule has 0 aliphatic carbocycles. The summed E-state index contributed by atoms with van der Waals surface area (Å²) in [6.45, 7) is 0. The third-order valence-electron chi connectivity index (χ3n) is 3.76. The molecule has 0 aromatic heterocycles. The van der Waals surface area contributed by atoms with Gasteiger partial charge in [0.15, 0.2) is 0 Å². The van der Waals surface area contributed by atoms with Gasteiger partial charge >= 0.3 is 0 Å². The lowest BCUT2D eigenvalue weighted by Crippen LogP contribution is -1.81. The Morgan fingerprint density at radius 3 is 1.30 bits per heavy atom. The number of hydrogen-bond donors (Lipinski definition) is 0. The second kappa shape index (κ2) is 4.57. The summed E-state index contributed by atoms with van der Waals surface area (Å²) in [5.41, 5.74) is 0. The SMILES string of the molecule is Brc1ccc2ccc3c4cc(Br)ccc4ccc3c2c1. The van der Waals surface area contributed by atoms with Crippen molar-refractivity contribution in [1.82, 2.24) is 0 Å². The lowest BCUT2D eigenvalue weighted by molar-refractivity contribution is 1.71. The maximum absolute atomic E-state index is 3.57. The van der Waals surface area contributed by atoms with E-state index in [4.69, 9.17) is 0 Å². The van der Waals surface area contributed by atoms with Crippen LogP contribution in [-0.2, 0) is 0 Å². The lowest BCUT2D eigenvalue weighted by Gasteiger charge is -2.08. The molecule has 0 aliphatic heterocycles. The molecule has 20 heavy (non-hydrogen) atoms. The van der Waals surface area contributed by atoms with Crippen molar-refractivity contribution in [2.24, 2.45) is 0 Å². The van der Waals surface area contributed by atoms with Crippen molar-refractivity contribution in [3.63, 3.8) is 0 Å². The zero-order valence-corrected chi connectivity index (χ0v) is 13.7. The van der Waals surface area contributed by atoms with Gasteiger partial charge in [0.25, 0.3) is 0 Å². The minimum atomic E-state index is 1.12. The summed E-state index contributed by atoms with van der Waals surface area (Å²) >= 11 is 7.14. The molecule has 2 heteroatoms. The van der Waals surface area contributed by atoms with Crippen LogP contribution in [0.3, 0.4) is 0 Å². The molecule has 0 spiro atoms. The number of benzene rings is 4. The summed E-state index contributed by atoms with van der Waals surface area (Å²) in [4.78, 5) is 0. The Kier molecular flexibility index (Phi) is 2.83. The highest BCUT2D eigenvalue weighted by atomic mass is 79.9. The number of rotatable bonds is 0. The van der Waals surface area contributed by atoms with Crippen molar-refractivity contribution in [1.29, 1.82) is 0 Å². The molecule has 4 aromatic rings. The average Bonchev–Trinajstić information content (AvgIpc) is 2.46. The van der Waals surface area contributed by atoms with Crippen LogP contribution in [0, 0.1) is 0 Å². The predicted octanol–water partition coefficient (Wildman–Crippen LogP) is 6.67. The third kappa shape index (κ3) is 1.87. The molecule has 0 heterocycles. The molecule has 0 fully saturated rings. The topological polar surface area (TPSA) is 0 Å². The van der Waals surface area contributed by atoms with Crippen molar-refractivity contribution in [3.8, 4) is 0 Å². The molecule has 0 radical (unpaired) electrons. The van der Waals surface area contributed by atoms with Gasteiger partial charge in [-0.25, -0.2) is 0 Å². The van der Waals surface area contributed by atoms with E-state index in [1.54, 1.807) is 0 Å². The van der Waals surface area contributed by atoms with Crippen LogP contribution in [0.1, 0.15) is 0 Å². The maximum Gasteiger partial charge on any atom is 0.0181 e. The number of halogens is 2. The molecular formula is C18H10Br2. The molecule has 4 rings (SSSR count). The van der Waals surface area contributed by atoms with E-state index in [1.807, 2.05) is 0 Å². The van der Waals surface area contributed by atoms with Gasteiger partial charge in [0, 0.05) is 8.95 Å². The van der Waals surface area contributed by atoms with E-state index in [0.29, 0.717) is 0 Å². The van der Waals surface area contributed by atoms with Gasteiger partial charge in [-0.15, -0.1) is 0 Å². The van der Waals surface area contributed by atoms with Crippen molar-refractivity contribution in [3.05, 3.63) is 69.6 Å². The van der Waals surface area contributed by atoms with Crippen LogP contribution >= 0.6 is 31.9 Å². The molecule has 0 N–H and O–H groups in total. The molecule has 0 nitrogen and oxygen atoms in total. The normalized spacial score (nSPS) is 11.5. The van der Waals surface area contributed by atoms with Gasteiger partial charge in [0.2, 0.25) is 0 Å². The fraction of sp³-hybridized carbons (Fsp3) is 0. The number of hydrogen-bond acceptors (Lipinski definition) is 0. The van der Waals surface area contributed by atoms with Gasteiger partial charge in [-0.3, -0.25) is 0 Å². The van der Waals surface area contributed by atoms with Crippen molar-refractivity contribution >= 4 is 64.2 Å². The minimum absolute atomic E-state index is 1.12. The van der Waals surface area contributed by atoms with Crippen LogP contribution in [-0.4, -0.2) is 0 Å². The summed E-state index contributed by atoms with van der Waals surface area (Å²) in [6.07, 6.45) is 0. The first-order chi connectivity index (χ1) is 9.72. The molecule has 0 saturated heterocycles. The Morgan fingerprint density at radius 1 is 0.450 bits per heavy atom. The van der Waals surface area contributed by atoms with Crippen LogP contribution in [0.4, 0.5) is 0 Å². The predicted molar refractivity (Wildman–Crippen MR) is 94.4 cm³/mol. The van der Waals surface area contributed by atoms with Crippen molar-refractivity contribution in [2.75, 3.05) is 0 Å². The second-order valence-corrected chi connectivity index (χ2v) is 6.79. The fourth-order valence-electron chi connectivity index (χ4n) is 2.81. The van der Waals surface area contributed by atoms with Crippen molar-refractivity contribution in [2.45, 2.75) is 0 Å². The van der Waals surface area contributed by atoms with E-state index >= 15 is 0 Å². The van der Waals surface area contributed by atoms with Crippen LogP contribution in [0.15, 0.2) is 69.6 Å². The fourth-order valence-corrected chi connectivity index (χ4v) is 3.53. The Morgan fingerprint density at radius 2 is 0.850 bits per heavy atom. The summed E-state index contributed by atoms with van der Waals surface area (Å²) in [5, 5.41) is 7.73. The quantitative estimate of drug-likeness (QED) is 0.296. The molecule has 0 amide bonds. The zero-order valence-electron chi connectivity index (χ0n) is 10.5. The summed E-state index contributed by atoms with van der Waals surface area (Å²) in [5.74, 6) is 0. The summed E-state index contributed by atoms with van der Waals surface area (Å²) in [6, 6.07) is 21.7. The average molecular weight is 386 g/mol. The Hall–Kier alpha value is -1.38. The van der Waals surface area contributed by atoms with Gasteiger partial charge in [0.05, 0.1) is 0 Å². The smallest absolute Gasteiger partial charge is 0.0181 e. The van der Waals surface area contributed by atoms with E-state index in [0.717, 1.165) is 8.95 Å². The Balaban J connectivity index is 2.26. The standard InChI is InChI=1S/C18H10Br2/c19-13-5-1-11-3-7-16-15(17(11)9-13)8-4-12-2-6-14(20)10-18(12)16/h1-10H. The van der Waals surface area contributed by atoms with Crippen LogP contribution < -0.4 is 0 Å². The first kappa shape index (κ1) is 12.4. The molecule has 4 aromatic carbocycles. The molecule has 0 saturated carbocycles. The van der Waals surface area contributed by atoms with Gasteiger partial charge in [0.1, 0.15) is 0 Å². The van der Waals surface area contributed by atoms with Gasteiger partial charge in [-0.05, 0) is 56.6 Å². The molecule has 0 aliphatic rings. The Bertz CT molecular complexity index is 890. The highest BCUT2D eigenvalue weighted by Gasteiger charge is 2.05.